The number of ether oxygens (including phenoxy) is 1. The molecule has 2 aliphatic rings. The maximum absolute atomic E-state index is 12.0. The van der Waals surface area contributed by atoms with Gasteiger partial charge in [-0.05, 0) is 30.8 Å². The quantitative estimate of drug-likeness (QED) is 0.427. The minimum absolute atomic E-state index is 0.0916. The molecule has 158 valence electrons. The number of nitriles is 1. The Morgan fingerprint density at radius 1 is 1.50 bits per heavy atom. The van der Waals surface area contributed by atoms with Gasteiger partial charge in [0.15, 0.2) is 5.65 Å². The Labute approximate surface area is 178 Å². The summed E-state index contributed by atoms with van der Waals surface area (Å²) in [7, 11) is 0. The fourth-order valence-corrected chi connectivity index (χ4v) is 5.54. The van der Waals surface area contributed by atoms with Crippen LogP contribution in [0.15, 0.2) is 24.5 Å². The summed E-state index contributed by atoms with van der Waals surface area (Å²) in [6, 6.07) is 4.64. The molecule has 0 aliphatic carbocycles. The van der Waals surface area contributed by atoms with Crippen molar-refractivity contribution >= 4 is 33.9 Å². The number of nitrogens with zero attached hydrogens (tertiary/aromatic N) is 5. The first-order chi connectivity index (χ1) is 14.5. The number of pyridine rings is 1. The molecule has 2 aromatic rings. The molecular weight excluding hydrogens is 402 g/mol. The molecule has 4 rings (SSSR count). The van der Waals surface area contributed by atoms with Crippen LogP contribution in [0, 0.1) is 16.7 Å². The Morgan fingerprint density at radius 3 is 2.93 bits per heavy atom. The minimum Gasteiger partial charge on any atom is -0.616 e. The van der Waals surface area contributed by atoms with Crippen molar-refractivity contribution in [2.45, 2.75) is 31.2 Å². The van der Waals surface area contributed by atoms with Gasteiger partial charge in [-0.15, -0.1) is 0 Å². The van der Waals surface area contributed by atoms with Gasteiger partial charge in [-0.25, -0.2) is 4.98 Å². The molecule has 1 atom stereocenters. The number of allylic oxidation sites excluding steroid dienone is 1. The van der Waals surface area contributed by atoms with Crippen LogP contribution in [0.2, 0.25) is 0 Å². The number of aromatic nitrogens is 3. The molecule has 0 saturated carbocycles. The third-order valence-corrected chi connectivity index (χ3v) is 7.23. The van der Waals surface area contributed by atoms with E-state index in [4.69, 9.17) is 20.9 Å². The fourth-order valence-electron chi connectivity index (χ4n) is 4.18. The first-order valence-corrected chi connectivity index (χ1v) is 11.4. The van der Waals surface area contributed by atoms with Gasteiger partial charge in [0.2, 0.25) is 0 Å². The van der Waals surface area contributed by atoms with Gasteiger partial charge in [0.1, 0.15) is 23.2 Å². The van der Waals surface area contributed by atoms with Crippen LogP contribution in [0.4, 0.5) is 5.82 Å². The van der Waals surface area contributed by atoms with Crippen molar-refractivity contribution in [2.24, 2.45) is 5.73 Å². The SMILES string of the molecule is C[C@@H]1COCCN1c1cc(C2(C#N)CC[S+]([O-])CC2)c2cnn(C(=N)/C=C\N)c2n1. The number of morpholine rings is 1. The maximum atomic E-state index is 12.0. The summed E-state index contributed by atoms with van der Waals surface area (Å²) in [5, 5.41) is 23.6. The van der Waals surface area contributed by atoms with Crippen LogP contribution in [-0.4, -0.2) is 62.5 Å². The summed E-state index contributed by atoms with van der Waals surface area (Å²) in [6.45, 7) is 3.97. The Balaban J connectivity index is 1.92. The van der Waals surface area contributed by atoms with Gasteiger partial charge < -0.3 is 19.9 Å². The number of fused-ring (bicyclic) bond motifs is 1. The lowest BCUT2D eigenvalue weighted by Gasteiger charge is -2.36. The van der Waals surface area contributed by atoms with Gasteiger partial charge in [0.05, 0.1) is 36.9 Å². The predicted molar refractivity (Wildman–Crippen MR) is 116 cm³/mol. The highest BCUT2D eigenvalue weighted by Crippen LogP contribution is 2.41. The lowest BCUT2D eigenvalue weighted by molar-refractivity contribution is 0.0985. The molecule has 10 heteroatoms. The molecule has 9 nitrogen and oxygen atoms in total. The lowest BCUT2D eigenvalue weighted by atomic mass is 9.76. The number of nitrogens with two attached hydrogens (primary N) is 1. The molecule has 2 aromatic heterocycles. The fraction of sp³-hybridized carbons (Fsp3) is 0.500. The zero-order chi connectivity index (χ0) is 21.3. The van der Waals surface area contributed by atoms with E-state index in [-0.39, 0.29) is 11.9 Å². The predicted octanol–water partition coefficient (Wildman–Crippen LogP) is 1.26. The molecule has 0 amide bonds. The second-order valence-electron chi connectivity index (χ2n) is 7.73. The van der Waals surface area contributed by atoms with Crippen LogP contribution >= 0.6 is 0 Å². The van der Waals surface area contributed by atoms with E-state index in [0.29, 0.717) is 49.8 Å². The standard InChI is InChI=1S/C20H25N7O2S/c1-14-12-29-7-6-26(14)18-10-16(20(13-22)3-8-30(28)9-4-20)15-11-24-27(19(15)25-18)17(23)2-5-21/h2,5,10-11,14,23H,3-4,6-9,12,21H2,1H3/b5-2-,23-17?/t14-,20?,30?/m1/s1. The Kier molecular flexibility index (Phi) is 5.69. The van der Waals surface area contributed by atoms with Crippen molar-refractivity contribution in [3.63, 3.8) is 0 Å². The van der Waals surface area contributed by atoms with E-state index in [1.807, 2.05) is 6.07 Å². The Hall–Kier alpha value is -2.61. The molecule has 4 heterocycles. The molecule has 30 heavy (non-hydrogen) atoms. The summed E-state index contributed by atoms with van der Waals surface area (Å²) < 4.78 is 19.0. The van der Waals surface area contributed by atoms with E-state index in [0.717, 1.165) is 16.8 Å². The van der Waals surface area contributed by atoms with Gasteiger partial charge in [-0.3, -0.25) is 5.41 Å². The number of rotatable bonds is 3. The third-order valence-electron chi connectivity index (χ3n) is 5.91. The highest BCUT2D eigenvalue weighted by molar-refractivity contribution is 7.91. The molecule has 2 saturated heterocycles. The largest absolute Gasteiger partial charge is 0.616 e. The number of nitrogens with one attached hydrogen (secondary N) is 1. The van der Waals surface area contributed by atoms with Gasteiger partial charge >= 0.3 is 0 Å². The van der Waals surface area contributed by atoms with Crippen LogP contribution in [0.1, 0.15) is 25.3 Å². The van der Waals surface area contributed by atoms with Crippen LogP contribution < -0.4 is 10.6 Å². The smallest absolute Gasteiger partial charge is 0.167 e. The average molecular weight is 428 g/mol. The molecule has 0 unspecified atom stereocenters. The van der Waals surface area contributed by atoms with Gasteiger partial charge in [0, 0.05) is 24.8 Å². The van der Waals surface area contributed by atoms with Crippen molar-refractivity contribution in [3.8, 4) is 6.07 Å². The molecule has 2 aliphatic heterocycles. The maximum Gasteiger partial charge on any atom is 0.167 e. The number of hydrogen-bond acceptors (Lipinski definition) is 8. The van der Waals surface area contributed by atoms with Crippen LogP contribution in [0.25, 0.3) is 11.0 Å². The van der Waals surface area contributed by atoms with E-state index in [2.05, 4.69) is 23.0 Å². The summed E-state index contributed by atoms with van der Waals surface area (Å²) in [6.07, 6.45) is 5.45. The van der Waals surface area contributed by atoms with Crippen molar-refractivity contribution in [3.05, 3.63) is 30.1 Å². The number of hydrogen-bond donors (Lipinski definition) is 2. The molecule has 0 aromatic carbocycles. The van der Waals surface area contributed by atoms with Crippen molar-refractivity contribution < 1.29 is 9.29 Å². The van der Waals surface area contributed by atoms with Gasteiger partial charge in [-0.1, -0.05) is 11.2 Å². The summed E-state index contributed by atoms with van der Waals surface area (Å²) in [5.74, 6) is 1.83. The summed E-state index contributed by atoms with van der Waals surface area (Å²) in [5.41, 5.74) is 6.08. The van der Waals surface area contributed by atoms with Gasteiger partial charge in [-0.2, -0.15) is 15.0 Å². The van der Waals surface area contributed by atoms with E-state index >= 15 is 0 Å². The van der Waals surface area contributed by atoms with Crippen LogP contribution in [-0.2, 0) is 21.3 Å². The van der Waals surface area contributed by atoms with Crippen molar-refractivity contribution in [1.29, 1.82) is 10.7 Å². The van der Waals surface area contributed by atoms with E-state index in [1.54, 1.807) is 6.20 Å². The lowest BCUT2D eigenvalue weighted by Crippen LogP contribution is -2.44. The zero-order valence-corrected chi connectivity index (χ0v) is 17.7. The first kappa shape index (κ1) is 20.7. The summed E-state index contributed by atoms with van der Waals surface area (Å²) >= 11 is -0.888. The first-order valence-electron chi connectivity index (χ1n) is 9.96. The second-order valence-corrected chi connectivity index (χ2v) is 9.42. The average Bonchev–Trinajstić information content (AvgIpc) is 3.19. The molecule has 2 fully saturated rings. The Morgan fingerprint density at radius 2 is 2.27 bits per heavy atom. The highest BCUT2D eigenvalue weighted by atomic mass is 32.2. The van der Waals surface area contributed by atoms with E-state index in [9.17, 15) is 9.81 Å². The van der Waals surface area contributed by atoms with Crippen LogP contribution in [0.3, 0.4) is 0 Å². The van der Waals surface area contributed by atoms with Crippen molar-refractivity contribution in [2.75, 3.05) is 36.2 Å². The monoisotopic (exact) mass is 427 g/mol. The van der Waals surface area contributed by atoms with Crippen LogP contribution in [0.5, 0.6) is 0 Å². The topological polar surface area (TPSA) is 140 Å². The molecular formula is C20H25N7O2S. The third kappa shape index (κ3) is 3.53. The number of anilines is 1. The van der Waals surface area contributed by atoms with Crippen molar-refractivity contribution in [1.82, 2.24) is 14.8 Å². The van der Waals surface area contributed by atoms with E-state index < -0.39 is 16.6 Å². The van der Waals surface area contributed by atoms with E-state index in [1.165, 1.54) is 17.0 Å². The highest BCUT2D eigenvalue weighted by Gasteiger charge is 2.41. The Bertz CT molecular complexity index is 1020. The minimum atomic E-state index is -0.888. The molecule has 3 N–H and O–H groups in total. The van der Waals surface area contributed by atoms with Gasteiger partial charge in [0.25, 0.3) is 0 Å². The normalized spacial score (nSPS) is 27.4. The zero-order valence-electron chi connectivity index (χ0n) is 16.9. The second kappa shape index (κ2) is 8.26. The molecule has 0 radical (unpaired) electrons. The molecule has 0 bridgehead atoms. The summed E-state index contributed by atoms with van der Waals surface area (Å²) in [4.78, 5) is 7.00. The molecule has 0 spiro atoms.